The van der Waals surface area contributed by atoms with Gasteiger partial charge in [0.2, 0.25) is 0 Å². The maximum absolute atomic E-state index is 12.0. The van der Waals surface area contributed by atoms with Gasteiger partial charge in [0, 0.05) is 5.92 Å². The second-order valence-electron chi connectivity index (χ2n) is 9.08. The van der Waals surface area contributed by atoms with E-state index in [2.05, 4.69) is 19.6 Å². The molecule has 2 N–H and O–H groups in total. The van der Waals surface area contributed by atoms with Gasteiger partial charge in [-0.05, 0) is 62.2 Å². The normalized spacial score (nSPS) is 51.7. The molecule has 3 heteroatoms. The van der Waals surface area contributed by atoms with E-state index < -0.39 is 17.5 Å². The fourth-order valence-electron chi connectivity index (χ4n) is 6.87. The van der Waals surface area contributed by atoms with Crippen LogP contribution < -0.4 is 0 Å². The van der Waals surface area contributed by atoms with Crippen LogP contribution in [0, 0.1) is 28.1 Å². The minimum atomic E-state index is -0.643. The topological polar surface area (TPSA) is 57.5 Å². The maximum Gasteiger partial charge on any atom is 0.309 e. The molecule has 2 bridgehead atoms. The van der Waals surface area contributed by atoms with E-state index in [4.69, 9.17) is 0 Å². The van der Waals surface area contributed by atoms with Crippen molar-refractivity contribution in [2.75, 3.05) is 0 Å². The number of aliphatic hydroxyl groups excluding tert-OH is 1. The Morgan fingerprint density at radius 3 is 2.74 bits per heavy atom. The Hall–Kier alpha value is -1.09. The van der Waals surface area contributed by atoms with Gasteiger partial charge in [0.05, 0.1) is 11.5 Å². The molecule has 4 aliphatic rings. The number of carboxylic acids is 1. The van der Waals surface area contributed by atoms with Gasteiger partial charge in [-0.15, -0.1) is 0 Å². The SMILES string of the molecule is C=C1C[C@@]23CC[C@@H]4[C@](C)(C(=O)O)CCC[C@@]4(C)C2=C[C@H](O)[C@H]1C3. The van der Waals surface area contributed by atoms with Crippen molar-refractivity contribution in [1.29, 1.82) is 0 Å². The number of hydrogen-bond donors (Lipinski definition) is 2. The van der Waals surface area contributed by atoms with Crippen molar-refractivity contribution in [3.05, 3.63) is 23.8 Å². The Morgan fingerprint density at radius 2 is 2.04 bits per heavy atom. The summed E-state index contributed by atoms with van der Waals surface area (Å²) in [5.41, 5.74) is 2.01. The van der Waals surface area contributed by atoms with Crippen molar-refractivity contribution in [3.8, 4) is 0 Å². The Bertz CT molecular complexity index is 620. The van der Waals surface area contributed by atoms with E-state index in [0.29, 0.717) is 0 Å². The highest BCUT2D eigenvalue weighted by Crippen LogP contribution is 2.70. The number of carboxylic acid groups (broad SMARTS) is 1. The summed E-state index contributed by atoms with van der Waals surface area (Å²) >= 11 is 0. The first-order chi connectivity index (χ1) is 10.7. The van der Waals surface area contributed by atoms with Gasteiger partial charge in [-0.1, -0.05) is 37.1 Å². The molecular weight excluding hydrogens is 288 g/mol. The highest BCUT2D eigenvalue weighted by atomic mass is 16.4. The van der Waals surface area contributed by atoms with E-state index in [9.17, 15) is 15.0 Å². The van der Waals surface area contributed by atoms with Crippen LogP contribution >= 0.6 is 0 Å². The predicted octanol–water partition coefficient (Wildman–Crippen LogP) is 3.93. The Morgan fingerprint density at radius 1 is 1.30 bits per heavy atom. The van der Waals surface area contributed by atoms with Crippen molar-refractivity contribution in [2.24, 2.45) is 28.1 Å². The van der Waals surface area contributed by atoms with Gasteiger partial charge in [0.15, 0.2) is 0 Å². The molecule has 0 aromatic heterocycles. The maximum atomic E-state index is 12.0. The molecule has 0 amide bonds. The van der Waals surface area contributed by atoms with Gasteiger partial charge in [0.1, 0.15) is 0 Å². The molecule has 0 aromatic carbocycles. The van der Waals surface area contributed by atoms with Gasteiger partial charge >= 0.3 is 5.97 Å². The molecule has 4 rings (SSSR count). The molecule has 0 saturated heterocycles. The largest absolute Gasteiger partial charge is 0.481 e. The number of carbonyl (C=O) groups is 1. The molecule has 3 fully saturated rings. The minimum Gasteiger partial charge on any atom is -0.481 e. The van der Waals surface area contributed by atoms with E-state index >= 15 is 0 Å². The molecule has 0 aliphatic heterocycles. The fourth-order valence-corrected chi connectivity index (χ4v) is 6.87. The summed E-state index contributed by atoms with van der Waals surface area (Å²) < 4.78 is 0. The standard InChI is InChI=1S/C20H28O3/c1-12-10-20-8-5-15-18(2,6-4-7-19(15,3)17(22)23)16(20)9-14(21)13(12)11-20/h9,13-15,21H,1,4-8,10-11H2,2-3H3,(H,22,23)/t13-,14-,15-,18+,19+,20+/m0/s1. The third-order valence-electron chi connectivity index (χ3n) is 7.97. The van der Waals surface area contributed by atoms with Crippen LogP contribution in [0.3, 0.4) is 0 Å². The second-order valence-corrected chi connectivity index (χ2v) is 9.08. The molecule has 4 aliphatic carbocycles. The second kappa shape index (κ2) is 4.50. The fraction of sp³-hybridized carbons (Fsp3) is 0.750. The Kier molecular flexibility index (Phi) is 3.02. The number of hydrogen-bond acceptors (Lipinski definition) is 2. The Balaban J connectivity index is 1.83. The lowest BCUT2D eigenvalue weighted by atomic mass is 9.44. The highest BCUT2D eigenvalue weighted by molar-refractivity contribution is 5.75. The molecular formula is C20H28O3. The molecule has 126 valence electrons. The van der Waals surface area contributed by atoms with Crippen molar-refractivity contribution in [1.82, 2.24) is 0 Å². The van der Waals surface area contributed by atoms with Gasteiger partial charge in [-0.3, -0.25) is 4.79 Å². The Labute approximate surface area is 138 Å². The quantitative estimate of drug-likeness (QED) is 0.721. The van der Waals surface area contributed by atoms with Gasteiger partial charge in [-0.2, -0.15) is 0 Å². The van der Waals surface area contributed by atoms with Crippen LogP contribution in [0.15, 0.2) is 23.8 Å². The molecule has 3 nitrogen and oxygen atoms in total. The summed E-state index contributed by atoms with van der Waals surface area (Å²) in [4.78, 5) is 12.0. The molecule has 1 spiro atoms. The van der Waals surface area contributed by atoms with Crippen LogP contribution in [0.1, 0.15) is 58.8 Å². The van der Waals surface area contributed by atoms with E-state index in [1.807, 2.05) is 6.92 Å². The van der Waals surface area contributed by atoms with Crippen LogP contribution in [0.5, 0.6) is 0 Å². The van der Waals surface area contributed by atoms with Crippen molar-refractivity contribution < 1.29 is 15.0 Å². The van der Waals surface area contributed by atoms with Gasteiger partial charge in [-0.25, -0.2) is 0 Å². The summed E-state index contributed by atoms with van der Waals surface area (Å²) in [6, 6.07) is 0. The average Bonchev–Trinajstić information content (AvgIpc) is 2.75. The molecule has 6 atom stereocenters. The number of aliphatic hydroxyl groups is 1. The monoisotopic (exact) mass is 316 g/mol. The van der Waals surface area contributed by atoms with Gasteiger partial charge < -0.3 is 10.2 Å². The zero-order valence-corrected chi connectivity index (χ0v) is 14.3. The summed E-state index contributed by atoms with van der Waals surface area (Å²) in [6.07, 6.45) is 8.53. The van der Waals surface area contributed by atoms with E-state index in [1.54, 1.807) is 0 Å². The lowest BCUT2D eigenvalue weighted by Crippen LogP contribution is -2.54. The molecule has 23 heavy (non-hydrogen) atoms. The van der Waals surface area contributed by atoms with E-state index in [0.717, 1.165) is 44.9 Å². The third kappa shape index (κ3) is 1.77. The third-order valence-corrected chi connectivity index (χ3v) is 7.97. The number of aliphatic carboxylic acids is 1. The van der Waals surface area contributed by atoms with Crippen LogP contribution in [-0.2, 0) is 4.79 Å². The van der Waals surface area contributed by atoms with Crippen molar-refractivity contribution in [2.45, 2.75) is 64.9 Å². The predicted molar refractivity (Wildman–Crippen MR) is 88.8 cm³/mol. The van der Waals surface area contributed by atoms with Crippen LogP contribution in [0.4, 0.5) is 0 Å². The van der Waals surface area contributed by atoms with Crippen molar-refractivity contribution >= 4 is 5.97 Å². The lowest BCUT2D eigenvalue weighted by Gasteiger charge is -2.60. The van der Waals surface area contributed by atoms with Crippen molar-refractivity contribution in [3.63, 3.8) is 0 Å². The van der Waals surface area contributed by atoms with Gasteiger partial charge in [0.25, 0.3) is 0 Å². The summed E-state index contributed by atoms with van der Waals surface area (Å²) in [6.45, 7) is 8.46. The van der Waals surface area contributed by atoms with E-state index in [1.165, 1.54) is 11.1 Å². The number of allylic oxidation sites excluding steroid dienone is 1. The summed E-state index contributed by atoms with van der Waals surface area (Å²) in [7, 11) is 0. The molecule has 0 radical (unpaired) electrons. The molecule has 3 saturated carbocycles. The lowest BCUT2D eigenvalue weighted by molar-refractivity contribution is -0.161. The number of fused-ring (bicyclic) bond motifs is 3. The highest BCUT2D eigenvalue weighted by Gasteiger charge is 2.63. The summed E-state index contributed by atoms with van der Waals surface area (Å²) in [5.74, 6) is -0.251. The average molecular weight is 316 g/mol. The molecule has 0 unspecified atom stereocenters. The van der Waals surface area contributed by atoms with Crippen LogP contribution in [0.2, 0.25) is 0 Å². The first-order valence-corrected chi connectivity index (χ1v) is 9.05. The summed E-state index contributed by atoms with van der Waals surface area (Å²) in [5, 5.41) is 20.5. The molecule has 0 aromatic rings. The van der Waals surface area contributed by atoms with E-state index in [-0.39, 0.29) is 22.7 Å². The minimum absolute atomic E-state index is 0.0831. The first-order valence-electron chi connectivity index (χ1n) is 9.05. The zero-order valence-electron chi connectivity index (χ0n) is 14.3. The molecule has 0 heterocycles. The van der Waals surface area contributed by atoms with Crippen LogP contribution in [-0.4, -0.2) is 22.3 Å². The number of rotatable bonds is 1. The van der Waals surface area contributed by atoms with Crippen LogP contribution in [0.25, 0.3) is 0 Å². The first kappa shape index (κ1) is 15.4. The smallest absolute Gasteiger partial charge is 0.309 e. The zero-order chi connectivity index (χ0) is 16.6.